The molecule has 0 saturated heterocycles. The molecule has 1 aromatic carbocycles. The SMILES string of the molecule is CC[C@H](N)c1ccc(N(C)C)cc1.Cl.Cl. The summed E-state index contributed by atoms with van der Waals surface area (Å²) in [5, 5.41) is 0. The second kappa shape index (κ2) is 7.80. The topological polar surface area (TPSA) is 29.3 Å². The van der Waals surface area contributed by atoms with Gasteiger partial charge in [-0.3, -0.25) is 0 Å². The Bertz CT molecular complexity index is 260. The Morgan fingerprint density at radius 3 is 1.93 bits per heavy atom. The second-order valence-electron chi connectivity index (χ2n) is 3.50. The summed E-state index contributed by atoms with van der Waals surface area (Å²) in [5.74, 6) is 0. The number of hydrogen-bond acceptors (Lipinski definition) is 2. The van der Waals surface area contributed by atoms with E-state index in [4.69, 9.17) is 5.73 Å². The lowest BCUT2D eigenvalue weighted by Crippen LogP contribution is -2.11. The van der Waals surface area contributed by atoms with Gasteiger partial charge in [0.1, 0.15) is 0 Å². The fourth-order valence-electron chi connectivity index (χ4n) is 1.26. The Morgan fingerprint density at radius 1 is 1.13 bits per heavy atom. The Kier molecular flexibility index (Phi) is 8.83. The smallest absolute Gasteiger partial charge is 0.0361 e. The first kappa shape index (κ1) is 17.0. The molecule has 15 heavy (non-hydrogen) atoms. The van der Waals surface area contributed by atoms with E-state index in [2.05, 4.69) is 36.1 Å². The van der Waals surface area contributed by atoms with E-state index >= 15 is 0 Å². The van der Waals surface area contributed by atoms with Crippen LogP contribution in [0.3, 0.4) is 0 Å². The highest BCUT2D eigenvalue weighted by Gasteiger charge is 2.02. The minimum atomic E-state index is 0. The molecule has 0 bridgehead atoms. The minimum absolute atomic E-state index is 0. The van der Waals surface area contributed by atoms with Crippen LogP contribution in [0.5, 0.6) is 0 Å². The molecule has 0 spiro atoms. The van der Waals surface area contributed by atoms with Gasteiger partial charge in [-0.25, -0.2) is 0 Å². The lowest BCUT2D eigenvalue weighted by molar-refractivity contribution is 0.699. The molecular formula is C11H20Cl2N2. The monoisotopic (exact) mass is 250 g/mol. The van der Waals surface area contributed by atoms with E-state index in [0.717, 1.165) is 6.42 Å². The maximum Gasteiger partial charge on any atom is 0.0361 e. The zero-order valence-electron chi connectivity index (χ0n) is 9.43. The number of anilines is 1. The van der Waals surface area contributed by atoms with Crippen molar-refractivity contribution in [3.63, 3.8) is 0 Å². The highest BCUT2D eigenvalue weighted by Crippen LogP contribution is 2.17. The lowest BCUT2D eigenvalue weighted by atomic mass is 10.1. The van der Waals surface area contributed by atoms with Gasteiger partial charge in [0, 0.05) is 25.8 Å². The molecule has 0 aliphatic rings. The van der Waals surface area contributed by atoms with Crippen LogP contribution in [0, 0.1) is 0 Å². The Labute approximate surface area is 105 Å². The summed E-state index contributed by atoms with van der Waals surface area (Å²) in [6.07, 6.45) is 0.987. The van der Waals surface area contributed by atoms with Gasteiger partial charge < -0.3 is 10.6 Å². The lowest BCUT2D eigenvalue weighted by Gasteiger charge is -2.14. The Balaban J connectivity index is 0. The standard InChI is InChI=1S/C11H18N2.2ClH/c1-4-11(12)9-5-7-10(8-6-9)13(2)3;;/h5-8,11H,4,12H2,1-3H3;2*1H/t11-;;/m0../s1. The highest BCUT2D eigenvalue weighted by atomic mass is 35.5. The predicted octanol–water partition coefficient (Wildman–Crippen LogP) is 3.01. The third kappa shape index (κ3) is 4.74. The summed E-state index contributed by atoms with van der Waals surface area (Å²) in [7, 11) is 4.07. The number of halogens is 2. The number of nitrogens with zero attached hydrogens (tertiary/aromatic N) is 1. The first-order valence-electron chi connectivity index (χ1n) is 4.68. The molecule has 0 fully saturated rings. The Hall–Kier alpha value is -0.440. The molecule has 0 amide bonds. The molecule has 88 valence electrons. The van der Waals surface area contributed by atoms with Gasteiger partial charge >= 0.3 is 0 Å². The van der Waals surface area contributed by atoms with E-state index in [1.165, 1.54) is 11.3 Å². The van der Waals surface area contributed by atoms with Crippen molar-refractivity contribution < 1.29 is 0 Å². The molecule has 1 rings (SSSR count). The molecule has 0 aliphatic carbocycles. The Morgan fingerprint density at radius 2 is 1.60 bits per heavy atom. The fourth-order valence-corrected chi connectivity index (χ4v) is 1.26. The van der Waals surface area contributed by atoms with Crippen LogP contribution < -0.4 is 10.6 Å². The third-order valence-corrected chi connectivity index (χ3v) is 2.28. The van der Waals surface area contributed by atoms with Crippen LogP contribution in [0.15, 0.2) is 24.3 Å². The number of nitrogens with two attached hydrogens (primary N) is 1. The van der Waals surface area contributed by atoms with E-state index in [1.807, 2.05) is 14.1 Å². The van der Waals surface area contributed by atoms with Crippen LogP contribution in [0.4, 0.5) is 5.69 Å². The summed E-state index contributed by atoms with van der Waals surface area (Å²) in [6.45, 7) is 2.10. The van der Waals surface area contributed by atoms with Crippen LogP contribution in [0.25, 0.3) is 0 Å². The molecule has 0 heterocycles. The maximum absolute atomic E-state index is 5.91. The summed E-state index contributed by atoms with van der Waals surface area (Å²) in [4.78, 5) is 2.08. The maximum atomic E-state index is 5.91. The van der Waals surface area contributed by atoms with Gasteiger partial charge in [-0.1, -0.05) is 19.1 Å². The molecule has 1 aromatic rings. The predicted molar refractivity (Wildman–Crippen MR) is 72.5 cm³/mol. The number of benzene rings is 1. The molecule has 0 aromatic heterocycles. The van der Waals surface area contributed by atoms with Crippen LogP contribution in [0.1, 0.15) is 24.9 Å². The van der Waals surface area contributed by atoms with Gasteiger partial charge in [0.25, 0.3) is 0 Å². The molecular weight excluding hydrogens is 231 g/mol. The number of rotatable bonds is 3. The fraction of sp³-hybridized carbons (Fsp3) is 0.455. The van der Waals surface area contributed by atoms with Crippen molar-refractivity contribution in [1.29, 1.82) is 0 Å². The van der Waals surface area contributed by atoms with Crippen LogP contribution in [-0.2, 0) is 0 Å². The van der Waals surface area contributed by atoms with Crippen molar-refractivity contribution in [1.82, 2.24) is 0 Å². The molecule has 0 unspecified atom stereocenters. The summed E-state index contributed by atoms with van der Waals surface area (Å²) in [6, 6.07) is 8.58. The highest BCUT2D eigenvalue weighted by molar-refractivity contribution is 5.85. The van der Waals surface area contributed by atoms with Gasteiger partial charge in [0.05, 0.1) is 0 Å². The zero-order valence-corrected chi connectivity index (χ0v) is 11.1. The van der Waals surface area contributed by atoms with Crippen molar-refractivity contribution in [2.24, 2.45) is 5.73 Å². The largest absolute Gasteiger partial charge is 0.378 e. The van der Waals surface area contributed by atoms with Crippen molar-refractivity contribution in [2.75, 3.05) is 19.0 Å². The van der Waals surface area contributed by atoms with Gasteiger partial charge in [0.15, 0.2) is 0 Å². The normalized spacial score (nSPS) is 10.9. The van der Waals surface area contributed by atoms with Gasteiger partial charge in [-0.05, 0) is 24.1 Å². The average Bonchev–Trinajstić information content (AvgIpc) is 2.17. The first-order valence-corrected chi connectivity index (χ1v) is 4.68. The van der Waals surface area contributed by atoms with E-state index in [-0.39, 0.29) is 30.9 Å². The van der Waals surface area contributed by atoms with Crippen molar-refractivity contribution in [3.8, 4) is 0 Å². The first-order chi connectivity index (χ1) is 6.15. The molecule has 1 atom stereocenters. The summed E-state index contributed by atoms with van der Waals surface area (Å²) < 4.78 is 0. The van der Waals surface area contributed by atoms with Crippen molar-refractivity contribution >= 4 is 30.5 Å². The van der Waals surface area contributed by atoms with Crippen LogP contribution in [0.2, 0.25) is 0 Å². The van der Waals surface area contributed by atoms with Crippen LogP contribution >= 0.6 is 24.8 Å². The minimum Gasteiger partial charge on any atom is -0.378 e. The third-order valence-electron chi connectivity index (χ3n) is 2.28. The zero-order chi connectivity index (χ0) is 9.84. The number of hydrogen-bond donors (Lipinski definition) is 1. The molecule has 0 aliphatic heterocycles. The molecule has 2 N–H and O–H groups in total. The van der Waals surface area contributed by atoms with E-state index in [1.54, 1.807) is 0 Å². The molecule has 4 heteroatoms. The van der Waals surface area contributed by atoms with Crippen molar-refractivity contribution in [3.05, 3.63) is 29.8 Å². The second-order valence-corrected chi connectivity index (χ2v) is 3.50. The van der Waals surface area contributed by atoms with E-state index in [0.29, 0.717) is 0 Å². The summed E-state index contributed by atoms with van der Waals surface area (Å²) >= 11 is 0. The van der Waals surface area contributed by atoms with Gasteiger partial charge in [0.2, 0.25) is 0 Å². The average molecular weight is 251 g/mol. The van der Waals surface area contributed by atoms with E-state index < -0.39 is 0 Å². The summed E-state index contributed by atoms with van der Waals surface area (Å²) in [5.41, 5.74) is 8.34. The molecule has 0 radical (unpaired) electrons. The molecule has 0 saturated carbocycles. The van der Waals surface area contributed by atoms with Gasteiger partial charge in [-0.15, -0.1) is 24.8 Å². The quantitative estimate of drug-likeness (QED) is 0.894. The van der Waals surface area contributed by atoms with Crippen LogP contribution in [-0.4, -0.2) is 14.1 Å². The van der Waals surface area contributed by atoms with Gasteiger partial charge in [-0.2, -0.15) is 0 Å². The van der Waals surface area contributed by atoms with Crippen molar-refractivity contribution in [2.45, 2.75) is 19.4 Å². The van der Waals surface area contributed by atoms with E-state index in [9.17, 15) is 0 Å². The molecule has 2 nitrogen and oxygen atoms in total.